The number of hydrogen-bond donors (Lipinski definition) is 2. The second kappa shape index (κ2) is 11.9. The Bertz CT molecular complexity index is 1490. The predicted octanol–water partition coefficient (Wildman–Crippen LogP) is 4.77. The lowest BCUT2D eigenvalue weighted by molar-refractivity contribution is -0.151. The monoisotopic (exact) mass is 571 g/mol. The molecule has 2 aromatic carbocycles. The fraction of sp³-hybridized carbons (Fsp3) is 0.208. The number of benzene rings is 2. The van der Waals surface area contributed by atoms with Crippen molar-refractivity contribution in [3.05, 3.63) is 80.5 Å². The molecule has 0 aliphatic rings. The molecule has 3 aromatic rings. The Labute approximate surface area is 221 Å². The summed E-state index contributed by atoms with van der Waals surface area (Å²) >= 11 is 5.79. The molecule has 206 valence electrons. The molecule has 0 spiro atoms. The summed E-state index contributed by atoms with van der Waals surface area (Å²) in [5, 5.41) is 13.8. The lowest BCUT2D eigenvalue weighted by Gasteiger charge is -2.17. The topological polar surface area (TPSA) is 137 Å². The largest absolute Gasteiger partial charge is 0.481 e. The number of anilines is 1. The first-order valence-corrected chi connectivity index (χ1v) is 11.2. The number of carboxylic acid groups (broad SMARTS) is 1. The molecule has 0 bridgehead atoms. The van der Waals surface area contributed by atoms with E-state index >= 15 is 0 Å². The van der Waals surface area contributed by atoms with Gasteiger partial charge in [0.2, 0.25) is 0 Å². The van der Waals surface area contributed by atoms with Gasteiger partial charge in [-0.3, -0.25) is 19.2 Å². The van der Waals surface area contributed by atoms with Gasteiger partial charge in [0.1, 0.15) is 17.3 Å². The first kappa shape index (κ1) is 29.1. The summed E-state index contributed by atoms with van der Waals surface area (Å²) in [7, 11) is 0. The molecule has 0 fully saturated rings. The summed E-state index contributed by atoms with van der Waals surface area (Å²) in [6.07, 6.45) is -4.77. The number of amides is 1. The first-order valence-electron chi connectivity index (χ1n) is 10.8. The van der Waals surface area contributed by atoms with Gasteiger partial charge in [-0.1, -0.05) is 11.6 Å². The molecule has 0 aliphatic carbocycles. The molecule has 1 heterocycles. The van der Waals surface area contributed by atoms with Crippen LogP contribution in [-0.2, 0) is 27.2 Å². The van der Waals surface area contributed by atoms with Crippen molar-refractivity contribution in [2.75, 3.05) is 5.32 Å². The van der Waals surface area contributed by atoms with Crippen molar-refractivity contribution < 1.29 is 46.5 Å². The second-order valence-electron chi connectivity index (χ2n) is 7.91. The fourth-order valence-corrected chi connectivity index (χ4v) is 3.36. The molecule has 2 N–H and O–H groups in total. The van der Waals surface area contributed by atoms with E-state index in [9.17, 15) is 36.7 Å². The summed E-state index contributed by atoms with van der Waals surface area (Å²) in [6, 6.07) is 5.43. The highest BCUT2D eigenvalue weighted by atomic mass is 35.5. The van der Waals surface area contributed by atoms with Gasteiger partial charge < -0.3 is 19.9 Å². The minimum Gasteiger partial charge on any atom is -0.481 e. The third-order valence-corrected chi connectivity index (χ3v) is 5.31. The third kappa shape index (κ3) is 7.77. The fourth-order valence-electron chi connectivity index (χ4n) is 3.09. The summed E-state index contributed by atoms with van der Waals surface area (Å²) < 4.78 is 64.8. The van der Waals surface area contributed by atoms with Crippen LogP contribution in [0.25, 0.3) is 0 Å². The summed E-state index contributed by atoms with van der Waals surface area (Å²) in [4.78, 5) is 47.3. The van der Waals surface area contributed by atoms with Crippen LogP contribution in [-0.4, -0.2) is 32.7 Å². The van der Waals surface area contributed by atoms with Crippen molar-refractivity contribution in [2.24, 2.45) is 0 Å². The number of halogens is 5. The van der Waals surface area contributed by atoms with Crippen molar-refractivity contribution in [1.82, 2.24) is 9.78 Å². The average Bonchev–Trinajstić information content (AvgIpc) is 2.83. The highest BCUT2D eigenvalue weighted by molar-refractivity contribution is 6.32. The number of nitrogens with zero attached hydrogens (tertiary/aromatic N) is 2. The number of carbonyl (C=O) groups excluding carboxylic acids is 2. The quantitative estimate of drug-likeness (QED) is 0.277. The molecule has 0 radical (unpaired) electrons. The number of aromatic nitrogens is 2. The van der Waals surface area contributed by atoms with Crippen molar-refractivity contribution in [3.8, 4) is 11.5 Å². The van der Waals surface area contributed by atoms with Crippen LogP contribution in [0, 0.1) is 12.7 Å². The van der Waals surface area contributed by atoms with E-state index in [1.807, 2.05) is 0 Å². The van der Waals surface area contributed by atoms with Crippen LogP contribution in [0.3, 0.4) is 0 Å². The lowest BCUT2D eigenvalue weighted by atomic mass is 10.1. The maximum absolute atomic E-state index is 13.5. The predicted molar refractivity (Wildman–Crippen MR) is 127 cm³/mol. The standard InChI is InChI=1S/C24H18ClF4N3O7/c1-12-6-13(26)2-3-18(12)39-19-9-16(24(27,28)29)17(25)8-15(19)23(37)31-14-7-20(33)32(30-10-14)11-38-22(36)5-4-21(34)35/h2-3,6-10H,4-5,11H2,1H3,(H,31,37)(H,34,35). The number of ether oxygens (including phenoxy) is 2. The summed E-state index contributed by atoms with van der Waals surface area (Å²) in [5.74, 6) is -4.29. The van der Waals surface area contributed by atoms with E-state index in [0.717, 1.165) is 30.5 Å². The van der Waals surface area contributed by atoms with E-state index in [4.69, 9.17) is 26.2 Å². The summed E-state index contributed by atoms with van der Waals surface area (Å²) in [5.41, 5.74) is -2.48. The first-order chi connectivity index (χ1) is 18.2. The van der Waals surface area contributed by atoms with Crippen LogP contribution in [0.5, 0.6) is 11.5 Å². The Morgan fingerprint density at radius 3 is 2.44 bits per heavy atom. The molecule has 3 rings (SSSR count). The van der Waals surface area contributed by atoms with Crippen molar-refractivity contribution in [3.63, 3.8) is 0 Å². The van der Waals surface area contributed by atoms with Gasteiger partial charge in [0.25, 0.3) is 11.5 Å². The van der Waals surface area contributed by atoms with Gasteiger partial charge >= 0.3 is 18.1 Å². The number of carboxylic acids is 1. The molecule has 0 atom stereocenters. The molecule has 39 heavy (non-hydrogen) atoms. The van der Waals surface area contributed by atoms with E-state index in [-0.39, 0.29) is 17.0 Å². The average molecular weight is 572 g/mol. The summed E-state index contributed by atoms with van der Waals surface area (Å²) in [6.45, 7) is 0.817. The van der Waals surface area contributed by atoms with Gasteiger partial charge in [-0.15, -0.1) is 0 Å². The molecule has 15 heteroatoms. The Balaban J connectivity index is 1.85. The highest BCUT2D eigenvalue weighted by Gasteiger charge is 2.35. The molecular formula is C24H18ClF4N3O7. The van der Waals surface area contributed by atoms with Gasteiger partial charge in [-0.25, -0.2) is 4.39 Å². The van der Waals surface area contributed by atoms with Crippen LogP contribution < -0.4 is 15.6 Å². The zero-order valence-corrected chi connectivity index (χ0v) is 20.6. The van der Waals surface area contributed by atoms with Crippen LogP contribution in [0.2, 0.25) is 5.02 Å². The minimum absolute atomic E-state index is 0.0249. The number of rotatable bonds is 9. The number of aryl methyl sites for hydroxylation is 1. The van der Waals surface area contributed by atoms with Crippen molar-refractivity contribution in [2.45, 2.75) is 32.7 Å². The Hall–Kier alpha value is -4.46. The van der Waals surface area contributed by atoms with Crippen molar-refractivity contribution in [1.29, 1.82) is 0 Å². The number of esters is 1. The van der Waals surface area contributed by atoms with Crippen LogP contribution in [0.1, 0.15) is 34.3 Å². The van der Waals surface area contributed by atoms with Gasteiger partial charge in [0.05, 0.1) is 40.9 Å². The van der Waals surface area contributed by atoms with Crippen molar-refractivity contribution >= 4 is 35.1 Å². The molecule has 0 aliphatic heterocycles. The lowest BCUT2D eigenvalue weighted by Crippen LogP contribution is -2.26. The highest BCUT2D eigenvalue weighted by Crippen LogP contribution is 2.40. The Morgan fingerprint density at radius 1 is 1.10 bits per heavy atom. The van der Waals surface area contributed by atoms with E-state index < -0.39 is 76.9 Å². The van der Waals surface area contributed by atoms with Crippen LogP contribution >= 0.6 is 11.6 Å². The van der Waals surface area contributed by atoms with Gasteiger partial charge in [0.15, 0.2) is 6.73 Å². The molecule has 0 saturated carbocycles. The minimum atomic E-state index is -4.88. The molecule has 1 aromatic heterocycles. The van der Waals surface area contributed by atoms with E-state index in [1.165, 1.54) is 13.0 Å². The van der Waals surface area contributed by atoms with Crippen LogP contribution in [0.15, 0.2) is 47.4 Å². The zero-order valence-electron chi connectivity index (χ0n) is 19.8. The molecule has 10 nitrogen and oxygen atoms in total. The van der Waals surface area contributed by atoms with Gasteiger partial charge in [0, 0.05) is 6.07 Å². The van der Waals surface area contributed by atoms with Gasteiger partial charge in [-0.05, 0) is 42.8 Å². The molecule has 0 saturated heterocycles. The zero-order chi connectivity index (χ0) is 28.9. The van der Waals surface area contributed by atoms with E-state index in [1.54, 1.807) is 0 Å². The maximum atomic E-state index is 13.5. The normalized spacial score (nSPS) is 11.1. The Morgan fingerprint density at radius 2 is 1.82 bits per heavy atom. The van der Waals surface area contributed by atoms with Crippen LogP contribution in [0.4, 0.5) is 23.2 Å². The molecule has 0 unspecified atom stereocenters. The second-order valence-corrected chi connectivity index (χ2v) is 8.32. The number of aliphatic carboxylic acids is 1. The number of nitrogens with one attached hydrogen (secondary N) is 1. The van der Waals surface area contributed by atoms with Gasteiger partial charge in [-0.2, -0.15) is 23.0 Å². The van der Waals surface area contributed by atoms with E-state index in [2.05, 4.69) is 10.4 Å². The maximum Gasteiger partial charge on any atom is 0.417 e. The van der Waals surface area contributed by atoms with E-state index in [0.29, 0.717) is 10.7 Å². The smallest absolute Gasteiger partial charge is 0.417 e. The third-order valence-electron chi connectivity index (χ3n) is 4.99. The molecule has 1 amide bonds. The number of carbonyl (C=O) groups is 3. The number of hydrogen-bond acceptors (Lipinski definition) is 7. The molecular weight excluding hydrogens is 554 g/mol. The number of alkyl halides is 3. The Kier molecular flexibility index (Phi) is 8.91. The SMILES string of the molecule is Cc1cc(F)ccc1Oc1cc(C(F)(F)F)c(Cl)cc1C(=O)Nc1cnn(COC(=O)CCC(=O)O)c(=O)c1.